The Morgan fingerprint density at radius 3 is 1.72 bits per heavy atom. The van der Waals surface area contributed by atoms with Crippen LogP contribution in [0.1, 0.15) is 22.3 Å². The van der Waals surface area contributed by atoms with Gasteiger partial charge in [0.25, 0.3) is 0 Å². The zero-order valence-corrected chi connectivity index (χ0v) is 29.7. The molecule has 1 aliphatic rings. The fraction of sp³-hybridized carbons (Fsp3) is 0.0196. The predicted molar refractivity (Wildman–Crippen MR) is 226 cm³/mol. The highest BCUT2D eigenvalue weighted by molar-refractivity contribution is 7.25. The van der Waals surface area contributed by atoms with Crippen molar-refractivity contribution in [2.45, 2.75) is 5.41 Å². The van der Waals surface area contributed by atoms with Crippen LogP contribution in [0, 0.1) is 0 Å². The Kier molecular flexibility index (Phi) is 6.71. The third-order valence-corrected chi connectivity index (χ3v) is 12.5. The summed E-state index contributed by atoms with van der Waals surface area (Å²) in [6.45, 7) is 0. The quantitative estimate of drug-likeness (QED) is 0.162. The molecule has 0 atom stereocenters. The van der Waals surface area contributed by atoms with Crippen molar-refractivity contribution >= 4 is 70.1 Å². The minimum Gasteiger partial charge on any atom is -0.310 e. The van der Waals surface area contributed by atoms with Crippen LogP contribution in [0.5, 0.6) is 0 Å². The van der Waals surface area contributed by atoms with Crippen LogP contribution >= 0.6 is 11.3 Å². The fourth-order valence-corrected chi connectivity index (χ4v) is 10.2. The summed E-state index contributed by atoms with van der Waals surface area (Å²) in [6.07, 6.45) is 0. The van der Waals surface area contributed by atoms with E-state index in [0.717, 1.165) is 11.4 Å². The molecule has 2 heteroatoms. The van der Waals surface area contributed by atoms with Crippen molar-refractivity contribution < 1.29 is 0 Å². The highest BCUT2D eigenvalue weighted by Gasteiger charge is 2.46. The van der Waals surface area contributed by atoms with Crippen LogP contribution in [-0.4, -0.2) is 0 Å². The second-order valence-corrected chi connectivity index (χ2v) is 15.1. The number of anilines is 3. The van der Waals surface area contributed by atoms with Gasteiger partial charge in [-0.25, -0.2) is 0 Å². The second-order valence-electron chi connectivity index (χ2n) is 14.0. The summed E-state index contributed by atoms with van der Waals surface area (Å²) in [5.41, 5.74) is 10.7. The van der Waals surface area contributed by atoms with Gasteiger partial charge >= 0.3 is 0 Å². The fourth-order valence-electron chi connectivity index (χ4n) is 9.08. The number of hydrogen-bond acceptors (Lipinski definition) is 2. The molecule has 0 radical (unpaired) electrons. The van der Waals surface area contributed by atoms with E-state index in [-0.39, 0.29) is 0 Å². The van der Waals surface area contributed by atoms with Gasteiger partial charge in [0.05, 0.1) is 11.1 Å². The van der Waals surface area contributed by atoms with Crippen LogP contribution < -0.4 is 4.90 Å². The Hall–Kier alpha value is -6.48. The van der Waals surface area contributed by atoms with Crippen LogP contribution in [0.4, 0.5) is 17.1 Å². The molecule has 0 fully saturated rings. The molecule has 1 heterocycles. The van der Waals surface area contributed by atoms with E-state index in [2.05, 4.69) is 205 Å². The lowest BCUT2D eigenvalue weighted by molar-refractivity contribution is 0.768. The van der Waals surface area contributed by atoms with Crippen LogP contribution in [-0.2, 0) is 5.41 Å². The molecule has 9 aromatic carbocycles. The third-order valence-electron chi connectivity index (χ3n) is 11.3. The average molecular weight is 692 g/mol. The predicted octanol–water partition coefficient (Wildman–Crippen LogP) is 14.2. The Balaban J connectivity index is 1.22. The van der Waals surface area contributed by atoms with Gasteiger partial charge in [-0.1, -0.05) is 158 Å². The topological polar surface area (TPSA) is 3.24 Å². The maximum Gasteiger partial charge on any atom is 0.0713 e. The molecule has 0 unspecified atom stereocenters. The average Bonchev–Trinajstić information content (AvgIpc) is 3.75. The van der Waals surface area contributed by atoms with Gasteiger partial charge in [0.2, 0.25) is 0 Å². The number of rotatable bonds is 5. The van der Waals surface area contributed by atoms with Crippen molar-refractivity contribution in [3.05, 3.63) is 222 Å². The standard InChI is InChI=1S/C51H33NS/c1-3-16-35(17-4-1)51(36-18-5-2-6-19-36)46-25-13-11-22-41(46)44-32-37(27-29-47(44)51)52(38-28-30-50-45(33-38)43-24-12-14-26-49(43)53-50)48-31-34-15-7-8-20-39(34)40-21-9-10-23-42(40)48/h1-33H. The van der Waals surface area contributed by atoms with Gasteiger partial charge in [-0.15, -0.1) is 11.3 Å². The molecule has 10 aromatic rings. The Labute approximate surface area is 312 Å². The summed E-state index contributed by atoms with van der Waals surface area (Å²) in [4.78, 5) is 2.49. The van der Waals surface area contributed by atoms with Crippen LogP contribution in [0.2, 0.25) is 0 Å². The summed E-state index contributed by atoms with van der Waals surface area (Å²) in [7, 11) is 0. The van der Waals surface area contributed by atoms with Crippen LogP contribution in [0.15, 0.2) is 200 Å². The molecule has 0 spiro atoms. The summed E-state index contributed by atoms with van der Waals surface area (Å²) in [5, 5.41) is 7.57. The van der Waals surface area contributed by atoms with E-state index in [1.54, 1.807) is 0 Å². The van der Waals surface area contributed by atoms with E-state index in [0.29, 0.717) is 0 Å². The van der Waals surface area contributed by atoms with Gasteiger partial charge in [-0.3, -0.25) is 0 Å². The molecule has 0 N–H and O–H groups in total. The van der Waals surface area contributed by atoms with Crippen molar-refractivity contribution in [1.29, 1.82) is 0 Å². The van der Waals surface area contributed by atoms with Gasteiger partial charge in [0, 0.05) is 36.9 Å². The first kappa shape index (κ1) is 30.2. The molecule has 0 amide bonds. The molecule has 0 saturated heterocycles. The summed E-state index contributed by atoms with van der Waals surface area (Å²) in [5.74, 6) is 0. The maximum absolute atomic E-state index is 2.49. The van der Waals surface area contributed by atoms with Crippen molar-refractivity contribution in [2.75, 3.05) is 4.90 Å². The van der Waals surface area contributed by atoms with Gasteiger partial charge in [-0.05, 0) is 92.0 Å². The minimum atomic E-state index is -0.443. The van der Waals surface area contributed by atoms with E-state index in [1.165, 1.54) is 80.8 Å². The Bertz CT molecular complexity index is 2970. The molecular formula is C51H33NS. The third kappa shape index (κ3) is 4.43. The second kappa shape index (κ2) is 11.8. The van der Waals surface area contributed by atoms with Gasteiger partial charge in [0.15, 0.2) is 0 Å². The SMILES string of the molecule is c1ccc(C2(c3ccccc3)c3ccccc3-c3cc(N(c4ccc5sc6ccccc6c5c4)c4cc5ccccc5c5ccccc45)ccc32)cc1. The zero-order valence-electron chi connectivity index (χ0n) is 28.9. The van der Waals surface area contributed by atoms with Gasteiger partial charge < -0.3 is 4.90 Å². The van der Waals surface area contributed by atoms with E-state index in [4.69, 9.17) is 0 Å². The van der Waals surface area contributed by atoms with Crippen LogP contribution in [0.25, 0.3) is 52.8 Å². The van der Waals surface area contributed by atoms with Gasteiger partial charge in [0.1, 0.15) is 0 Å². The van der Waals surface area contributed by atoms with E-state index >= 15 is 0 Å². The number of hydrogen-bond donors (Lipinski definition) is 0. The highest BCUT2D eigenvalue weighted by atomic mass is 32.1. The van der Waals surface area contributed by atoms with Crippen molar-refractivity contribution in [2.24, 2.45) is 0 Å². The molecule has 248 valence electrons. The molecule has 1 aliphatic carbocycles. The Morgan fingerprint density at radius 2 is 0.925 bits per heavy atom. The normalized spacial score (nSPS) is 13.1. The number of nitrogens with zero attached hydrogens (tertiary/aromatic N) is 1. The zero-order chi connectivity index (χ0) is 34.9. The van der Waals surface area contributed by atoms with E-state index in [1.807, 2.05) is 11.3 Å². The van der Waals surface area contributed by atoms with Crippen molar-refractivity contribution in [3.8, 4) is 11.1 Å². The monoisotopic (exact) mass is 691 g/mol. The summed E-state index contributed by atoms with van der Waals surface area (Å²) in [6, 6.07) is 74.1. The lowest BCUT2D eigenvalue weighted by Crippen LogP contribution is -2.28. The Morgan fingerprint density at radius 1 is 0.358 bits per heavy atom. The smallest absolute Gasteiger partial charge is 0.0713 e. The van der Waals surface area contributed by atoms with E-state index in [9.17, 15) is 0 Å². The van der Waals surface area contributed by atoms with Crippen LogP contribution in [0.3, 0.4) is 0 Å². The molecule has 0 bridgehead atoms. The molecule has 11 rings (SSSR count). The first-order valence-electron chi connectivity index (χ1n) is 18.3. The van der Waals surface area contributed by atoms with E-state index < -0.39 is 5.41 Å². The first-order chi connectivity index (χ1) is 26.3. The largest absolute Gasteiger partial charge is 0.310 e. The molecule has 0 aliphatic heterocycles. The molecule has 0 saturated carbocycles. The molecule has 1 aromatic heterocycles. The lowest BCUT2D eigenvalue weighted by atomic mass is 9.68. The molecule has 1 nitrogen and oxygen atoms in total. The summed E-state index contributed by atoms with van der Waals surface area (Å²) >= 11 is 1.86. The number of benzene rings is 9. The number of thiophene rings is 1. The molecular weight excluding hydrogens is 659 g/mol. The van der Waals surface area contributed by atoms with Crippen molar-refractivity contribution in [1.82, 2.24) is 0 Å². The summed E-state index contributed by atoms with van der Waals surface area (Å²) < 4.78 is 2.62. The number of fused-ring (bicyclic) bond motifs is 9. The highest BCUT2D eigenvalue weighted by Crippen LogP contribution is 2.57. The maximum atomic E-state index is 2.49. The lowest BCUT2D eigenvalue weighted by Gasteiger charge is -2.34. The van der Waals surface area contributed by atoms with Crippen molar-refractivity contribution in [3.63, 3.8) is 0 Å². The first-order valence-corrected chi connectivity index (χ1v) is 19.1. The molecule has 53 heavy (non-hydrogen) atoms. The minimum absolute atomic E-state index is 0.443. The van der Waals surface area contributed by atoms with Gasteiger partial charge in [-0.2, -0.15) is 0 Å².